The van der Waals surface area contributed by atoms with Crippen LogP contribution in [-0.4, -0.2) is 72.8 Å². The summed E-state index contributed by atoms with van der Waals surface area (Å²) < 4.78 is 0. The van der Waals surface area contributed by atoms with E-state index in [-0.39, 0.29) is 17.7 Å². The molecule has 3 amide bonds. The zero-order chi connectivity index (χ0) is 21.0. The van der Waals surface area contributed by atoms with Gasteiger partial charge in [0.05, 0.1) is 5.41 Å². The van der Waals surface area contributed by atoms with Crippen molar-refractivity contribution in [3.8, 4) is 0 Å². The van der Waals surface area contributed by atoms with Crippen LogP contribution in [0.1, 0.15) is 48.9 Å². The number of hydrogen-bond acceptors (Lipinski definition) is 4. The van der Waals surface area contributed by atoms with Crippen LogP contribution in [-0.2, 0) is 9.59 Å². The second-order valence-corrected chi connectivity index (χ2v) is 8.90. The molecule has 7 heteroatoms. The maximum Gasteiger partial charge on any atom is 0.253 e. The minimum atomic E-state index is -0.639. The number of likely N-dealkylation sites (tertiary alicyclic amines) is 2. The van der Waals surface area contributed by atoms with Gasteiger partial charge in [0, 0.05) is 25.2 Å². The van der Waals surface area contributed by atoms with Gasteiger partial charge in [0.1, 0.15) is 6.04 Å². The molecule has 3 aliphatic rings. The standard InChI is InChI=1S/C23H32N4O3/c28-20(24-11-7-14-26-12-5-2-6-13-26)19-16-23(22(30)25-19)10-15-27(17-23)21(29)18-8-3-1-4-9-18/h1,3-4,8-9,19H,2,5-7,10-17H2,(H,24,28)(H,25,30)/t19-,23+/m0/s1. The summed E-state index contributed by atoms with van der Waals surface area (Å²) in [5.41, 5.74) is -0.00350. The normalized spacial score (nSPS) is 26.7. The van der Waals surface area contributed by atoms with Crippen LogP contribution in [0.5, 0.6) is 0 Å². The topological polar surface area (TPSA) is 81.8 Å². The summed E-state index contributed by atoms with van der Waals surface area (Å²) in [6.07, 6.45) is 5.86. The molecule has 3 saturated heterocycles. The molecule has 1 spiro atoms. The molecule has 0 aromatic heterocycles. The summed E-state index contributed by atoms with van der Waals surface area (Å²) in [6.45, 7) is 4.89. The largest absolute Gasteiger partial charge is 0.354 e. The maximum absolute atomic E-state index is 12.7. The molecule has 3 aliphatic heterocycles. The van der Waals surface area contributed by atoms with Crippen LogP contribution in [0.25, 0.3) is 0 Å². The lowest BCUT2D eigenvalue weighted by Gasteiger charge is -2.26. The Balaban J connectivity index is 1.25. The van der Waals surface area contributed by atoms with E-state index in [1.807, 2.05) is 18.2 Å². The van der Waals surface area contributed by atoms with Gasteiger partial charge in [-0.05, 0) is 63.9 Å². The van der Waals surface area contributed by atoms with E-state index in [0.717, 1.165) is 26.1 Å². The van der Waals surface area contributed by atoms with E-state index < -0.39 is 11.5 Å². The molecule has 3 heterocycles. The van der Waals surface area contributed by atoms with Gasteiger partial charge in [-0.2, -0.15) is 0 Å². The number of carbonyl (C=O) groups is 3. The highest BCUT2D eigenvalue weighted by molar-refractivity contribution is 5.97. The van der Waals surface area contributed by atoms with E-state index in [2.05, 4.69) is 15.5 Å². The fourth-order valence-electron chi connectivity index (χ4n) is 4.99. The summed E-state index contributed by atoms with van der Waals surface area (Å²) in [4.78, 5) is 42.2. The quantitative estimate of drug-likeness (QED) is 0.692. The number of benzene rings is 1. The molecule has 2 N–H and O–H groups in total. The number of nitrogens with zero attached hydrogens (tertiary/aromatic N) is 2. The van der Waals surface area contributed by atoms with E-state index in [0.29, 0.717) is 38.0 Å². The Morgan fingerprint density at radius 1 is 1.10 bits per heavy atom. The first-order valence-corrected chi connectivity index (χ1v) is 11.2. The average molecular weight is 413 g/mol. The van der Waals surface area contributed by atoms with Crippen molar-refractivity contribution in [2.75, 3.05) is 39.3 Å². The van der Waals surface area contributed by atoms with E-state index in [1.165, 1.54) is 19.3 Å². The van der Waals surface area contributed by atoms with Gasteiger partial charge in [0.2, 0.25) is 11.8 Å². The van der Waals surface area contributed by atoms with E-state index in [4.69, 9.17) is 0 Å². The first kappa shape index (κ1) is 20.8. The highest BCUT2D eigenvalue weighted by Crippen LogP contribution is 2.40. The van der Waals surface area contributed by atoms with Crippen molar-refractivity contribution < 1.29 is 14.4 Å². The van der Waals surface area contributed by atoms with E-state index in [9.17, 15) is 14.4 Å². The summed E-state index contributed by atoms with van der Waals surface area (Å²) in [5, 5.41) is 5.87. The van der Waals surface area contributed by atoms with Crippen LogP contribution in [0.15, 0.2) is 30.3 Å². The zero-order valence-electron chi connectivity index (χ0n) is 17.6. The summed E-state index contributed by atoms with van der Waals surface area (Å²) >= 11 is 0. The van der Waals surface area contributed by atoms with E-state index >= 15 is 0 Å². The van der Waals surface area contributed by atoms with Crippen LogP contribution in [0.4, 0.5) is 0 Å². The van der Waals surface area contributed by atoms with Crippen LogP contribution in [0.2, 0.25) is 0 Å². The molecule has 0 aliphatic carbocycles. The second kappa shape index (κ2) is 9.16. The van der Waals surface area contributed by atoms with Crippen molar-refractivity contribution in [2.24, 2.45) is 5.41 Å². The minimum absolute atomic E-state index is 0.0501. The third kappa shape index (κ3) is 4.51. The molecule has 1 aromatic rings. The van der Waals surface area contributed by atoms with Crippen molar-refractivity contribution in [3.63, 3.8) is 0 Å². The Morgan fingerprint density at radius 2 is 1.87 bits per heavy atom. The van der Waals surface area contributed by atoms with Crippen molar-refractivity contribution >= 4 is 17.7 Å². The monoisotopic (exact) mass is 412 g/mol. The molecular weight excluding hydrogens is 380 g/mol. The summed E-state index contributed by atoms with van der Waals surface area (Å²) in [7, 11) is 0. The van der Waals surface area contributed by atoms with Crippen molar-refractivity contribution in [2.45, 2.75) is 44.6 Å². The molecule has 162 valence electrons. The fourth-order valence-corrected chi connectivity index (χ4v) is 4.99. The van der Waals surface area contributed by atoms with Gasteiger partial charge in [-0.15, -0.1) is 0 Å². The molecule has 0 radical (unpaired) electrons. The zero-order valence-corrected chi connectivity index (χ0v) is 17.6. The first-order chi connectivity index (χ1) is 14.6. The van der Waals surface area contributed by atoms with Crippen LogP contribution in [0.3, 0.4) is 0 Å². The number of amides is 3. The Bertz CT molecular complexity index is 778. The lowest BCUT2D eigenvalue weighted by Crippen LogP contribution is -2.42. The van der Waals surface area contributed by atoms with Crippen LogP contribution in [0, 0.1) is 5.41 Å². The maximum atomic E-state index is 12.7. The number of hydrogen-bond donors (Lipinski definition) is 2. The number of nitrogens with one attached hydrogen (secondary N) is 2. The molecule has 3 fully saturated rings. The van der Waals surface area contributed by atoms with E-state index in [1.54, 1.807) is 17.0 Å². The van der Waals surface area contributed by atoms with Crippen molar-refractivity contribution in [1.29, 1.82) is 0 Å². The molecular formula is C23H32N4O3. The predicted molar refractivity (Wildman–Crippen MR) is 114 cm³/mol. The van der Waals surface area contributed by atoms with Gasteiger partial charge in [0.25, 0.3) is 5.91 Å². The number of piperidine rings is 1. The highest BCUT2D eigenvalue weighted by Gasteiger charge is 2.53. The Morgan fingerprint density at radius 3 is 2.63 bits per heavy atom. The summed E-state index contributed by atoms with van der Waals surface area (Å²) in [6, 6.07) is 8.64. The van der Waals surface area contributed by atoms with Gasteiger partial charge in [-0.25, -0.2) is 0 Å². The molecule has 2 atom stereocenters. The molecule has 30 heavy (non-hydrogen) atoms. The fraction of sp³-hybridized carbons (Fsp3) is 0.609. The lowest BCUT2D eigenvalue weighted by molar-refractivity contribution is -0.128. The SMILES string of the molecule is O=C(NCCCN1CCCCC1)[C@@H]1C[C@@]2(CCN(C(=O)c3ccccc3)C2)C(=O)N1. The van der Waals surface area contributed by atoms with Gasteiger partial charge in [0.15, 0.2) is 0 Å². The minimum Gasteiger partial charge on any atom is -0.354 e. The lowest BCUT2D eigenvalue weighted by atomic mass is 9.84. The van der Waals surface area contributed by atoms with Gasteiger partial charge in [-0.3, -0.25) is 14.4 Å². The third-order valence-corrected chi connectivity index (χ3v) is 6.76. The van der Waals surface area contributed by atoms with Crippen LogP contribution >= 0.6 is 0 Å². The molecule has 1 aromatic carbocycles. The Kier molecular flexibility index (Phi) is 6.37. The second-order valence-electron chi connectivity index (χ2n) is 8.90. The third-order valence-electron chi connectivity index (χ3n) is 6.76. The highest BCUT2D eigenvalue weighted by atomic mass is 16.2. The molecule has 4 rings (SSSR count). The molecule has 7 nitrogen and oxygen atoms in total. The summed E-state index contributed by atoms with van der Waals surface area (Å²) in [5.74, 6) is -0.253. The van der Waals surface area contributed by atoms with Gasteiger partial charge in [-0.1, -0.05) is 24.6 Å². The number of rotatable bonds is 6. The smallest absolute Gasteiger partial charge is 0.253 e. The predicted octanol–water partition coefficient (Wildman–Crippen LogP) is 1.40. The van der Waals surface area contributed by atoms with Crippen molar-refractivity contribution in [3.05, 3.63) is 35.9 Å². The Hall–Kier alpha value is -2.41. The average Bonchev–Trinajstić information content (AvgIpc) is 3.36. The van der Waals surface area contributed by atoms with Gasteiger partial charge < -0.3 is 20.4 Å². The number of carbonyl (C=O) groups excluding carboxylic acids is 3. The molecule has 0 unspecified atom stereocenters. The van der Waals surface area contributed by atoms with Crippen molar-refractivity contribution in [1.82, 2.24) is 20.4 Å². The van der Waals surface area contributed by atoms with Gasteiger partial charge >= 0.3 is 0 Å². The van der Waals surface area contributed by atoms with Crippen LogP contribution < -0.4 is 10.6 Å². The molecule has 0 bridgehead atoms. The molecule has 0 saturated carbocycles. The Labute approximate surface area is 178 Å². The first-order valence-electron chi connectivity index (χ1n) is 11.2.